The molecule has 0 amide bonds. The van der Waals surface area contributed by atoms with Gasteiger partial charge in [0.15, 0.2) is 18.0 Å². The lowest BCUT2D eigenvalue weighted by Crippen LogP contribution is -2.66. The van der Waals surface area contributed by atoms with Gasteiger partial charge in [-0.1, -0.05) is 29.8 Å². The Balaban J connectivity index is 1.69. The fourth-order valence-electron chi connectivity index (χ4n) is 8.12. The minimum Gasteiger partial charge on any atom is -0.479 e. The Bertz CT molecular complexity index is 869. The maximum absolute atomic E-state index is 15.5. The van der Waals surface area contributed by atoms with Crippen LogP contribution in [0.5, 0.6) is 0 Å². The van der Waals surface area contributed by atoms with E-state index in [4.69, 9.17) is 5.11 Å². The van der Waals surface area contributed by atoms with Gasteiger partial charge in [0.05, 0.1) is 10.9 Å². The lowest BCUT2D eigenvalue weighted by atomic mass is 9.43. The van der Waals surface area contributed by atoms with Gasteiger partial charge < -0.3 is 25.5 Å². The molecule has 5 N–H and O–H groups in total. The number of carbonyl (C=O) groups is 3. The number of hydrogen-bond donors (Lipinski definition) is 5. The number of aliphatic carboxylic acids is 1. The highest BCUT2D eigenvalue weighted by atomic mass is 79.9. The minimum absolute atomic E-state index is 0.0110. The van der Waals surface area contributed by atoms with Crippen LogP contribution >= 0.6 is 15.9 Å². The van der Waals surface area contributed by atoms with E-state index in [9.17, 15) is 34.8 Å². The second-order valence-electron chi connectivity index (χ2n) is 11.2. The predicted molar refractivity (Wildman–Crippen MR) is 116 cm³/mol. The fraction of sp³-hybridized carbons (Fsp3) is 0.870. The van der Waals surface area contributed by atoms with Crippen molar-refractivity contribution >= 4 is 33.5 Å². The number of alkyl halides is 2. The van der Waals surface area contributed by atoms with Crippen molar-refractivity contribution in [3.05, 3.63) is 0 Å². The number of hydrogen-bond acceptors (Lipinski definition) is 7. The summed E-state index contributed by atoms with van der Waals surface area (Å²) in [7, 11) is 0. The number of aliphatic hydroxyl groups is 4. The van der Waals surface area contributed by atoms with Crippen molar-refractivity contribution < 1.29 is 44.3 Å². The molecule has 4 aliphatic carbocycles. The second kappa shape index (κ2) is 8.05. The van der Waals surface area contributed by atoms with Gasteiger partial charge in [-0.05, 0) is 55.3 Å². The molecule has 0 bridgehead atoms. The van der Waals surface area contributed by atoms with E-state index >= 15 is 4.39 Å². The van der Waals surface area contributed by atoms with Crippen LogP contribution in [0.3, 0.4) is 0 Å². The molecule has 4 saturated carbocycles. The minimum atomic E-state index is -2.38. The zero-order chi connectivity index (χ0) is 24.7. The monoisotopic (exact) mass is 534 g/mol. The van der Waals surface area contributed by atoms with Crippen LogP contribution in [0.2, 0.25) is 0 Å². The van der Waals surface area contributed by atoms with Crippen LogP contribution in [-0.4, -0.2) is 78.0 Å². The van der Waals surface area contributed by atoms with Gasteiger partial charge >= 0.3 is 5.97 Å². The molecule has 12 atom stereocenters. The summed E-state index contributed by atoms with van der Waals surface area (Å²) in [6.45, 7) is 3.55. The van der Waals surface area contributed by atoms with Gasteiger partial charge in [0, 0.05) is 17.8 Å². The van der Waals surface area contributed by atoms with Gasteiger partial charge in [-0.25, -0.2) is 9.18 Å². The third-order valence-electron chi connectivity index (χ3n) is 9.77. The highest BCUT2D eigenvalue weighted by molar-refractivity contribution is 9.10. The number of ketones is 2. The molecule has 0 radical (unpaired) electrons. The zero-order valence-corrected chi connectivity index (χ0v) is 20.2. The first-order valence-corrected chi connectivity index (χ1v) is 12.4. The number of carbonyl (C=O) groups excluding carboxylic acids is 2. The van der Waals surface area contributed by atoms with Gasteiger partial charge in [-0.2, -0.15) is 0 Å². The predicted octanol–water partition coefficient (Wildman–Crippen LogP) is 0.997. The van der Waals surface area contributed by atoms with Crippen LogP contribution in [0.25, 0.3) is 0 Å². The molecule has 0 aromatic heterocycles. The van der Waals surface area contributed by atoms with E-state index in [1.807, 2.05) is 6.92 Å². The molecule has 4 rings (SSSR count). The van der Waals surface area contributed by atoms with Gasteiger partial charge in [0.25, 0.3) is 0 Å². The summed E-state index contributed by atoms with van der Waals surface area (Å²) in [6.07, 6.45) is -6.08. The topological polar surface area (TPSA) is 152 Å². The van der Waals surface area contributed by atoms with E-state index in [0.717, 1.165) is 0 Å². The van der Waals surface area contributed by atoms with Gasteiger partial charge in [-0.15, -0.1) is 0 Å². The first-order chi connectivity index (χ1) is 15.2. The molecule has 186 valence electrons. The molecule has 3 unspecified atom stereocenters. The Morgan fingerprint density at radius 2 is 1.79 bits per heavy atom. The van der Waals surface area contributed by atoms with Crippen LogP contribution < -0.4 is 0 Å². The largest absolute Gasteiger partial charge is 0.479 e. The molecule has 0 saturated heterocycles. The van der Waals surface area contributed by atoms with E-state index in [1.54, 1.807) is 6.92 Å². The molecular formula is C23H32BrFO8. The Labute approximate surface area is 199 Å². The molecule has 8 nitrogen and oxygen atoms in total. The Morgan fingerprint density at radius 1 is 1.15 bits per heavy atom. The molecule has 0 heterocycles. The SMILES string of the molecule is C[C@]12C[C@@H](Br)C(=O)CC1[C@H](F)C[C@@H]1[C@@H]2[C@H](O)C[C@@]2(C)[C@H]1CC[C@]2(O)C(=O)C(O)C(O)C(=O)O. The molecule has 0 aliphatic heterocycles. The molecule has 33 heavy (non-hydrogen) atoms. The summed E-state index contributed by atoms with van der Waals surface area (Å²) < 4.78 is 15.5. The van der Waals surface area contributed by atoms with Crippen molar-refractivity contribution in [1.29, 1.82) is 0 Å². The lowest BCUT2D eigenvalue weighted by molar-refractivity contribution is -0.211. The third-order valence-corrected chi connectivity index (χ3v) is 10.6. The van der Waals surface area contributed by atoms with E-state index < -0.39 is 63.4 Å². The van der Waals surface area contributed by atoms with Gasteiger partial charge in [0.2, 0.25) is 0 Å². The van der Waals surface area contributed by atoms with Crippen LogP contribution in [0.1, 0.15) is 52.4 Å². The molecule has 10 heteroatoms. The van der Waals surface area contributed by atoms with Crippen LogP contribution in [-0.2, 0) is 14.4 Å². The highest BCUT2D eigenvalue weighted by Gasteiger charge is 2.71. The number of fused-ring (bicyclic) bond motifs is 5. The molecule has 4 aliphatic rings. The molecule has 0 aromatic rings. The van der Waals surface area contributed by atoms with Gasteiger partial charge in [0.1, 0.15) is 17.6 Å². The number of Topliss-reactive ketones (excluding diaryl/α,β-unsaturated/α-hetero) is 2. The average Bonchev–Trinajstić information content (AvgIpc) is 2.99. The van der Waals surface area contributed by atoms with Gasteiger partial charge in [-0.3, -0.25) is 9.59 Å². The summed E-state index contributed by atoms with van der Waals surface area (Å²) in [4.78, 5) is 36.0. The van der Waals surface area contributed by atoms with Crippen LogP contribution in [0, 0.1) is 34.5 Å². The lowest BCUT2D eigenvalue weighted by Gasteiger charge is -2.63. The van der Waals surface area contributed by atoms with Crippen molar-refractivity contribution in [2.45, 2.75) is 87.3 Å². The van der Waals surface area contributed by atoms with E-state index in [1.165, 1.54) is 0 Å². The standard InChI is InChI=1S/C23H32BrFO8/c1-21-7-12(24)14(26)6-11(21)13(25)5-9-10-3-4-23(33,19(30)17(28)18(29)20(31)32)22(10,2)8-15(27)16(9)21/h9-13,15-18,27-29,33H,3-8H2,1-2H3,(H,31,32)/t9-,10-,11?,12+,13+,15+,16+,17?,18?,21-,22-,23-/m0/s1. The van der Waals surface area contributed by atoms with E-state index in [2.05, 4.69) is 15.9 Å². The number of carboxylic acids is 1. The van der Waals surface area contributed by atoms with Crippen molar-refractivity contribution in [3.8, 4) is 0 Å². The summed E-state index contributed by atoms with van der Waals surface area (Å²) in [5.74, 6) is -4.55. The van der Waals surface area contributed by atoms with Crippen LogP contribution in [0.15, 0.2) is 0 Å². The number of halogens is 2. The second-order valence-corrected chi connectivity index (χ2v) is 12.3. The number of carboxylic acid groups (broad SMARTS) is 1. The molecule has 4 fully saturated rings. The third kappa shape index (κ3) is 3.38. The maximum atomic E-state index is 15.5. The van der Waals surface area contributed by atoms with Crippen LogP contribution in [0.4, 0.5) is 4.39 Å². The number of aliphatic hydroxyl groups excluding tert-OH is 3. The van der Waals surface area contributed by atoms with Crippen molar-refractivity contribution in [1.82, 2.24) is 0 Å². The molecule has 0 aromatic carbocycles. The average molecular weight is 535 g/mol. The summed E-state index contributed by atoms with van der Waals surface area (Å²) >= 11 is 3.41. The smallest absolute Gasteiger partial charge is 0.335 e. The fourth-order valence-corrected chi connectivity index (χ4v) is 9.01. The van der Waals surface area contributed by atoms with Crippen molar-refractivity contribution in [2.75, 3.05) is 0 Å². The molecular weight excluding hydrogens is 503 g/mol. The highest BCUT2D eigenvalue weighted by Crippen LogP contribution is 2.68. The Hall–Kier alpha value is -0.940. The summed E-state index contributed by atoms with van der Waals surface area (Å²) in [5.41, 5.74) is -4.04. The zero-order valence-electron chi connectivity index (χ0n) is 18.7. The normalized spacial score (nSPS) is 51.2. The Morgan fingerprint density at radius 3 is 2.39 bits per heavy atom. The first kappa shape index (κ1) is 25.2. The quantitative estimate of drug-likeness (QED) is 0.335. The van der Waals surface area contributed by atoms with E-state index in [0.29, 0.717) is 12.8 Å². The van der Waals surface area contributed by atoms with Crippen molar-refractivity contribution in [3.63, 3.8) is 0 Å². The van der Waals surface area contributed by atoms with Crippen molar-refractivity contribution in [2.24, 2.45) is 34.5 Å². The Kier molecular flexibility index (Phi) is 6.14. The summed E-state index contributed by atoms with van der Waals surface area (Å²) in [5, 5.41) is 51.7. The first-order valence-electron chi connectivity index (χ1n) is 11.5. The number of rotatable bonds is 4. The van der Waals surface area contributed by atoms with E-state index in [-0.39, 0.29) is 49.2 Å². The maximum Gasteiger partial charge on any atom is 0.335 e. The molecule has 0 spiro atoms. The summed E-state index contributed by atoms with van der Waals surface area (Å²) in [6, 6.07) is 0.